The highest BCUT2D eigenvalue weighted by Gasteiger charge is 2.31. The maximum absolute atomic E-state index is 15.4. The number of ether oxygens (including phenoxy) is 2. The molecule has 2 aromatic carbocycles. The first kappa shape index (κ1) is 31.3. The van der Waals surface area contributed by atoms with Crippen LogP contribution in [0.1, 0.15) is 38.2 Å². The molecule has 0 amide bonds. The van der Waals surface area contributed by atoms with Gasteiger partial charge >= 0.3 is 0 Å². The van der Waals surface area contributed by atoms with Crippen LogP contribution in [0.4, 0.5) is 15.2 Å². The SMILES string of the molecule is COc1ccc(CN(c2nccs2)S(=O)(=O)c2cc(Cl)c(NCCCC(C)NC[C@@H]3CCCN3)cc2F)c(OC)c1. The number of hydrogen-bond acceptors (Lipinski definition) is 9. The van der Waals surface area contributed by atoms with Crippen molar-refractivity contribution < 1.29 is 22.3 Å². The molecule has 9 nitrogen and oxygen atoms in total. The van der Waals surface area contributed by atoms with E-state index in [1.165, 1.54) is 33.3 Å². The quantitative estimate of drug-likeness (QED) is 0.196. The van der Waals surface area contributed by atoms with Crippen LogP contribution in [0, 0.1) is 5.82 Å². The summed E-state index contributed by atoms with van der Waals surface area (Å²) in [6, 6.07) is 8.23. The maximum atomic E-state index is 15.4. The van der Waals surface area contributed by atoms with Gasteiger partial charge in [0.25, 0.3) is 10.0 Å². The van der Waals surface area contributed by atoms with Gasteiger partial charge in [0.2, 0.25) is 0 Å². The number of anilines is 2. The minimum atomic E-state index is -4.39. The van der Waals surface area contributed by atoms with E-state index in [2.05, 4.69) is 27.9 Å². The number of benzene rings is 2. The van der Waals surface area contributed by atoms with Crippen molar-refractivity contribution in [3.05, 3.63) is 58.3 Å². The highest BCUT2D eigenvalue weighted by atomic mass is 35.5. The Morgan fingerprint density at radius 1 is 1.27 bits per heavy atom. The minimum absolute atomic E-state index is 0.115. The summed E-state index contributed by atoms with van der Waals surface area (Å²) in [6.45, 7) is 4.62. The molecule has 4 rings (SSSR count). The summed E-state index contributed by atoms with van der Waals surface area (Å²) < 4.78 is 54.8. The second-order valence-corrected chi connectivity index (χ2v) is 13.0. The molecule has 1 unspecified atom stereocenters. The van der Waals surface area contributed by atoms with Gasteiger partial charge in [-0.25, -0.2) is 22.1 Å². The molecule has 2 atom stereocenters. The first-order valence-corrected chi connectivity index (χ1v) is 16.3. The van der Waals surface area contributed by atoms with Crippen LogP contribution in [0.25, 0.3) is 0 Å². The van der Waals surface area contributed by atoms with E-state index in [4.69, 9.17) is 21.1 Å². The zero-order valence-corrected chi connectivity index (χ0v) is 25.8. The number of nitrogens with zero attached hydrogens (tertiary/aromatic N) is 2. The summed E-state index contributed by atoms with van der Waals surface area (Å²) in [5.41, 5.74) is 0.900. The number of nitrogens with one attached hydrogen (secondary N) is 3. The summed E-state index contributed by atoms with van der Waals surface area (Å²) >= 11 is 7.59. The summed E-state index contributed by atoms with van der Waals surface area (Å²) in [5, 5.41) is 12.1. The first-order chi connectivity index (χ1) is 19.7. The van der Waals surface area contributed by atoms with E-state index in [0.717, 1.165) is 53.7 Å². The fraction of sp³-hybridized carbons (Fsp3) is 0.464. The van der Waals surface area contributed by atoms with Crippen LogP contribution in [0.5, 0.6) is 11.5 Å². The lowest BCUT2D eigenvalue weighted by molar-refractivity contribution is 0.391. The van der Waals surface area contributed by atoms with Crippen LogP contribution in [0.3, 0.4) is 0 Å². The summed E-state index contributed by atoms with van der Waals surface area (Å²) in [7, 11) is -1.38. The molecule has 0 aliphatic carbocycles. The summed E-state index contributed by atoms with van der Waals surface area (Å²) in [4.78, 5) is 3.65. The van der Waals surface area contributed by atoms with Gasteiger partial charge in [-0.05, 0) is 63.4 Å². The molecule has 41 heavy (non-hydrogen) atoms. The number of methoxy groups -OCH3 is 2. The Morgan fingerprint density at radius 2 is 2.10 bits per heavy atom. The smallest absolute Gasteiger partial charge is 0.269 e. The lowest BCUT2D eigenvalue weighted by atomic mass is 10.1. The van der Waals surface area contributed by atoms with Crippen molar-refractivity contribution in [1.82, 2.24) is 15.6 Å². The molecule has 1 aliphatic rings. The van der Waals surface area contributed by atoms with Crippen molar-refractivity contribution in [2.75, 3.05) is 43.5 Å². The highest BCUT2D eigenvalue weighted by molar-refractivity contribution is 7.93. The van der Waals surface area contributed by atoms with E-state index >= 15 is 4.39 Å². The molecule has 1 saturated heterocycles. The number of rotatable bonds is 15. The third kappa shape index (κ3) is 8.01. The Labute approximate surface area is 250 Å². The molecule has 3 N–H and O–H groups in total. The molecule has 0 radical (unpaired) electrons. The van der Waals surface area contributed by atoms with E-state index in [0.29, 0.717) is 41.4 Å². The van der Waals surface area contributed by atoms with Gasteiger partial charge in [0.1, 0.15) is 22.2 Å². The number of sulfonamides is 1. The summed E-state index contributed by atoms with van der Waals surface area (Å²) in [5.74, 6) is 0.0837. The Morgan fingerprint density at radius 3 is 2.78 bits per heavy atom. The van der Waals surface area contributed by atoms with E-state index in [1.54, 1.807) is 23.6 Å². The van der Waals surface area contributed by atoms with Gasteiger partial charge in [0.05, 0.1) is 31.5 Å². The van der Waals surface area contributed by atoms with E-state index in [-0.39, 0.29) is 16.7 Å². The maximum Gasteiger partial charge on any atom is 0.269 e. The first-order valence-electron chi connectivity index (χ1n) is 13.6. The molecule has 3 aromatic rings. The fourth-order valence-electron chi connectivity index (χ4n) is 4.72. The normalized spacial score (nSPS) is 16.0. The third-order valence-corrected chi connectivity index (χ3v) is 10.0. The van der Waals surface area contributed by atoms with Crippen molar-refractivity contribution in [3.8, 4) is 11.5 Å². The molecule has 1 aromatic heterocycles. The predicted molar refractivity (Wildman–Crippen MR) is 163 cm³/mol. The van der Waals surface area contributed by atoms with E-state index in [9.17, 15) is 8.42 Å². The Kier molecular flexibility index (Phi) is 11.1. The second kappa shape index (κ2) is 14.5. The molecule has 224 valence electrons. The lowest BCUT2D eigenvalue weighted by Crippen LogP contribution is -2.38. The Hall–Kier alpha value is -2.64. The topological polar surface area (TPSA) is 105 Å². The number of aromatic nitrogens is 1. The lowest BCUT2D eigenvalue weighted by Gasteiger charge is -2.24. The Balaban J connectivity index is 1.45. The molecule has 0 spiro atoms. The fourth-order valence-corrected chi connectivity index (χ4v) is 7.36. The standard InChI is InChI=1S/C28H37ClFN5O4S2/c1-19(34-17-21-7-5-10-31-21)6-4-11-32-25-16-24(30)27(15-23(25)29)41(36,37)35(28-33-12-13-40-28)18-20-8-9-22(38-2)14-26(20)39-3/h8-9,12-16,19,21,31-32,34H,4-7,10-11,17-18H2,1-3H3/t19?,21-/m0/s1. The summed E-state index contributed by atoms with van der Waals surface area (Å²) in [6.07, 6.45) is 5.69. The monoisotopic (exact) mass is 625 g/mol. The zero-order valence-electron chi connectivity index (χ0n) is 23.5. The van der Waals surface area contributed by atoms with Gasteiger partial charge in [0.15, 0.2) is 5.13 Å². The zero-order chi connectivity index (χ0) is 29.4. The van der Waals surface area contributed by atoms with Crippen LogP contribution in [-0.2, 0) is 16.6 Å². The van der Waals surface area contributed by atoms with Crippen LogP contribution < -0.4 is 29.7 Å². The molecule has 2 heterocycles. The molecule has 13 heteroatoms. The van der Waals surface area contributed by atoms with Gasteiger partial charge in [-0.15, -0.1) is 11.3 Å². The van der Waals surface area contributed by atoms with Crippen LogP contribution >= 0.6 is 22.9 Å². The van der Waals surface area contributed by atoms with Crippen LogP contribution in [0.2, 0.25) is 5.02 Å². The van der Waals surface area contributed by atoms with Gasteiger partial charge < -0.3 is 25.4 Å². The van der Waals surface area contributed by atoms with Crippen molar-refractivity contribution in [2.24, 2.45) is 0 Å². The molecule has 1 aliphatic heterocycles. The van der Waals surface area contributed by atoms with Crippen molar-refractivity contribution in [2.45, 2.75) is 56.1 Å². The molecule has 0 saturated carbocycles. The predicted octanol–water partition coefficient (Wildman–Crippen LogP) is 5.27. The average Bonchev–Trinajstić information content (AvgIpc) is 3.69. The van der Waals surface area contributed by atoms with E-state index < -0.39 is 20.7 Å². The average molecular weight is 626 g/mol. The molecule has 0 bridgehead atoms. The van der Waals surface area contributed by atoms with Gasteiger partial charge in [-0.1, -0.05) is 11.6 Å². The number of hydrogen-bond donors (Lipinski definition) is 3. The number of thiazole rings is 1. The highest BCUT2D eigenvalue weighted by Crippen LogP contribution is 2.35. The van der Waals surface area contributed by atoms with Gasteiger partial charge in [-0.3, -0.25) is 0 Å². The van der Waals surface area contributed by atoms with Gasteiger partial charge in [-0.2, -0.15) is 0 Å². The van der Waals surface area contributed by atoms with Gasteiger partial charge in [0, 0.05) is 48.4 Å². The number of halogens is 2. The van der Waals surface area contributed by atoms with Crippen molar-refractivity contribution >= 4 is 43.8 Å². The van der Waals surface area contributed by atoms with Crippen molar-refractivity contribution in [1.29, 1.82) is 0 Å². The largest absolute Gasteiger partial charge is 0.497 e. The van der Waals surface area contributed by atoms with Crippen LogP contribution in [-0.4, -0.2) is 59.3 Å². The Bertz CT molecular complexity index is 1390. The molecule has 1 fully saturated rings. The van der Waals surface area contributed by atoms with E-state index in [1.807, 2.05) is 0 Å². The van der Waals surface area contributed by atoms with Crippen molar-refractivity contribution in [3.63, 3.8) is 0 Å². The molecular formula is C28H37ClFN5O4S2. The van der Waals surface area contributed by atoms with Crippen LogP contribution in [0.15, 0.2) is 46.8 Å². The minimum Gasteiger partial charge on any atom is -0.497 e. The molecular weight excluding hydrogens is 589 g/mol. The third-order valence-electron chi connectivity index (χ3n) is 7.03. The second-order valence-electron chi connectivity index (χ2n) is 9.94.